The lowest BCUT2D eigenvalue weighted by Gasteiger charge is -2.20. The minimum absolute atomic E-state index is 0.0291. The summed E-state index contributed by atoms with van der Waals surface area (Å²) in [6.07, 6.45) is 0. The lowest BCUT2D eigenvalue weighted by molar-refractivity contribution is 0.0938. The van der Waals surface area contributed by atoms with Crippen molar-refractivity contribution in [2.75, 3.05) is 0 Å². The van der Waals surface area contributed by atoms with Crippen LogP contribution in [0.5, 0.6) is 0 Å². The normalized spacial score (nSPS) is 16.6. The lowest BCUT2D eigenvalue weighted by atomic mass is 9.86. The van der Waals surface area contributed by atoms with Gasteiger partial charge in [0.2, 0.25) is 5.76 Å². The highest BCUT2D eigenvalue weighted by molar-refractivity contribution is 6.31. The van der Waals surface area contributed by atoms with Gasteiger partial charge in [-0.25, -0.2) is 0 Å². The molecule has 2 aromatic carbocycles. The van der Waals surface area contributed by atoms with E-state index in [4.69, 9.17) is 16.0 Å². The molecule has 1 aliphatic heterocycles. The Hall–Kier alpha value is -2.59. The molecule has 26 heavy (non-hydrogen) atoms. The van der Waals surface area contributed by atoms with Gasteiger partial charge in [0.1, 0.15) is 5.58 Å². The van der Waals surface area contributed by atoms with E-state index in [0.29, 0.717) is 21.6 Å². The fourth-order valence-corrected chi connectivity index (χ4v) is 3.48. The largest absolute Gasteiger partial charge is 0.450 e. The second-order valence-corrected chi connectivity index (χ2v) is 8.03. The van der Waals surface area contributed by atoms with Crippen LogP contribution in [0, 0.1) is 0 Å². The Morgan fingerprint density at radius 1 is 1.04 bits per heavy atom. The van der Waals surface area contributed by atoms with Gasteiger partial charge in [-0.3, -0.25) is 9.59 Å². The monoisotopic (exact) mass is 367 g/mol. The van der Waals surface area contributed by atoms with Crippen LogP contribution in [0.15, 0.2) is 51.7 Å². The van der Waals surface area contributed by atoms with Crippen LogP contribution in [0.2, 0.25) is 5.02 Å². The molecule has 3 aromatic rings. The van der Waals surface area contributed by atoms with Crippen molar-refractivity contribution in [2.24, 2.45) is 0 Å². The smallest absolute Gasteiger partial charge is 0.288 e. The molecule has 1 amide bonds. The number of hydrogen-bond donors (Lipinski definition) is 1. The van der Waals surface area contributed by atoms with Crippen LogP contribution in [0.1, 0.15) is 54.1 Å². The molecule has 5 heteroatoms. The van der Waals surface area contributed by atoms with Crippen molar-refractivity contribution in [2.45, 2.75) is 32.2 Å². The Morgan fingerprint density at radius 3 is 2.38 bits per heavy atom. The van der Waals surface area contributed by atoms with Gasteiger partial charge in [-0.05, 0) is 34.7 Å². The molecule has 1 atom stereocenters. The lowest BCUT2D eigenvalue weighted by Crippen LogP contribution is -2.22. The molecule has 4 nitrogen and oxygen atoms in total. The average Bonchev–Trinajstić information content (AvgIpc) is 2.92. The Bertz CT molecular complexity index is 1090. The van der Waals surface area contributed by atoms with E-state index in [1.54, 1.807) is 18.2 Å². The quantitative estimate of drug-likeness (QED) is 0.685. The minimum Gasteiger partial charge on any atom is -0.450 e. The van der Waals surface area contributed by atoms with Gasteiger partial charge >= 0.3 is 0 Å². The van der Waals surface area contributed by atoms with Crippen LogP contribution in [0.4, 0.5) is 0 Å². The zero-order valence-electron chi connectivity index (χ0n) is 14.7. The summed E-state index contributed by atoms with van der Waals surface area (Å²) in [5.74, 6) is -0.298. The third-order valence-corrected chi connectivity index (χ3v) is 5.00. The van der Waals surface area contributed by atoms with E-state index < -0.39 is 6.04 Å². The van der Waals surface area contributed by atoms with Crippen molar-refractivity contribution in [1.29, 1.82) is 0 Å². The molecule has 1 aliphatic rings. The molecule has 0 saturated heterocycles. The number of fused-ring (bicyclic) bond motifs is 2. The summed E-state index contributed by atoms with van der Waals surface area (Å²) in [5, 5.41) is 3.69. The summed E-state index contributed by atoms with van der Waals surface area (Å²) in [7, 11) is 0. The molecule has 132 valence electrons. The van der Waals surface area contributed by atoms with Crippen molar-refractivity contribution in [1.82, 2.24) is 5.32 Å². The zero-order valence-corrected chi connectivity index (χ0v) is 15.5. The zero-order chi connectivity index (χ0) is 18.6. The van der Waals surface area contributed by atoms with Crippen molar-refractivity contribution < 1.29 is 9.21 Å². The van der Waals surface area contributed by atoms with Crippen molar-refractivity contribution in [3.8, 4) is 0 Å². The first-order valence-electron chi connectivity index (χ1n) is 8.43. The van der Waals surface area contributed by atoms with Gasteiger partial charge in [0, 0.05) is 5.02 Å². The van der Waals surface area contributed by atoms with Crippen molar-refractivity contribution in [3.05, 3.63) is 80.2 Å². The van der Waals surface area contributed by atoms with Gasteiger partial charge in [-0.1, -0.05) is 56.6 Å². The molecule has 1 N–H and O–H groups in total. The molecule has 1 aromatic heterocycles. The average molecular weight is 368 g/mol. The molecule has 1 unspecified atom stereocenters. The summed E-state index contributed by atoms with van der Waals surface area (Å²) in [6, 6.07) is 12.2. The Morgan fingerprint density at radius 2 is 1.73 bits per heavy atom. The van der Waals surface area contributed by atoms with Crippen LogP contribution < -0.4 is 10.7 Å². The van der Waals surface area contributed by atoms with E-state index in [1.807, 2.05) is 24.3 Å². The maximum atomic E-state index is 13.0. The fourth-order valence-electron chi connectivity index (χ4n) is 3.31. The molecule has 0 spiro atoms. The Labute approximate surface area is 155 Å². The summed E-state index contributed by atoms with van der Waals surface area (Å²) in [5.41, 5.74) is 2.53. The first-order chi connectivity index (χ1) is 12.3. The van der Waals surface area contributed by atoms with Gasteiger partial charge in [-0.15, -0.1) is 0 Å². The Balaban J connectivity index is 1.88. The number of nitrogens with one attached hydrogen (secondary N) is 1. The van der Waals surface area contributed by atoms with E-state index in [1.165, 1.54) is 5.56 Å². The summed E-state index contributed by atoms with van der Waals surface area (Å²) >= 11 is 6.02. The van der Waals surface area contributed by atoms with E-state index in [2.05, 4.69) is 26.1 Å². The third-order valence-electron chi connectivity index (χ3n) is 4.77. The SMILES string of the molecule is CC(C)(C)c1ccc(C2NC(=O)c3oc4ccc(Cl)cc4c(=O)c32)cc1. The van der Waals surface area contributed by atoms with Gasteiger partial charge in [0.15, 0.2) is 5.43 Å². The van der Waals surface area contributed by atoms with Gasteiger partial charge in [-0.2, -0.15) is 0 Å². The van der Waals surface area contributed by atoms with E-state index in [9.17, 15) is 9.59 Å². The molecule has 0 saturated carbocycles. The minimum atomic E-state index is -0.522. The highest BCUT2D eigenvalue weighted by Crippen LogP contribution is 2.32. The Kier molecular flexibility index (Phi) is 3.70. The van der Waals surface area contributed by atoms with Gasteiger partial charge in [0.05, 0.1) is 17.0 Å². The van der Waals surface area contributed by atoms with E-state index in [0.717, 1.165) is 5.56 Å². The standard InChI is InChI=1S/C21H18ClNO3/c1-21(2,3)12-6-4-11(5-7-12)17-16-18(24)14-10-13(22)8-9-15(14)26-19(16)20(25)23-17/h4-10,17H,1-3H3,(H,23,25). The maximum Gasteiger partial charge on any atom is 0.288 e. The van der Waals surface area contributed by atoms with Crippen molar-refractivity contribution >= 4 is 28.5 Å². The number of carbonyl (C=O) groups is 1. The van der Waals surface area contributed by atoms with E-state index in [-0.39, 0.29) is 22.5 Å². The second kappa shape index (κ2) is 5.71. The first-order valence-corrected chi connectivity index (χ1v) is 8.81. The molecule has 0 aliphatic carbocycles. The molecular formula is C21H18ClNO3. The number of carbonyl (C=O) groups excluding carboxylic acids is 1. The van der Waals surface area contributed by atoms with Crippen LogP contribution in [-0.4, -0.2) is 5.91 Å². The number of amides is 1. The molecule has 0 radical (unpaired) electrons. The molecular weight excluding hydrogens is 350 g/mol. The molecule has 0 bridgehead atoms. The molecule has 0 fully saturated rings. The highest BCUT2D eigenvalue weighted by atomic mass is 35.5. The number of halogens is 1. The number of rotatable bonds is 1. The summed E-state index contributed by atoms with van der Waals surface area (Å²) in [6.45, 7) is 6.41. The van der Waals surface area contributed by atoms with E-state index >= 15 is 0 Å². The van der Waals surface area contributed by atoms with Gasteiger partial charge < -0.3 is 9.73 Å². The predicted octanol–water partition coefficient (Wildman–Crippen LogP) is 4.58. The second-order valence-electron chi connectivity index (χ2n) is 7.59. The van der Waals surface area contributed by atoms with Gasteiger partial charge in [0.25, 0.3) is 5.91 Å². The highest BCUT2D eigenvalue weighted by Gasteiger charge is 2.36. The molecule has 2 heterocycles. The molecule has 4 rings (SSSR count). The summed E-state index contributed by atoms with van der Waals surface area (Å²) < 4.78 is 5.71. The number of hydrogen-bond acceptors (Lipinski definition) is 3. The fraction of sp³-hybridized carbons (Fsp3) is 0.238. The number of benzene rings is 2. The van der Waals surface area contributed by atoms with Crippen LogP contribution in [-0.2, 0) is 5.41 Å². The maximum absolute atomic E-state index is 13.0. The van der Waals surface area contributed by atoms with Crippen LogP contribution >= 0.6 is 11.6 Å². The predicted molar refractivity (Wildman–Crippen MR) is 102 cm³/mol. The van der Waals surface area contributed by atoms with Crippen LogP contribution in [0.25, 0.3) is 11.0 Å². The topological polar surface area (TPSA) is 59.3 Å². The summed E-state index contributed by atoms with van der Waals surface area (Å²) in [4.78, 5) is 25.4. The third kappa shape index (κ3) is 2.61. The first kappa shape index (κ1) is 16.9. The van der Waals surface area contributed by atoms with Crippen LogP contribution in [0.3, 0.4) is 0 Å². The van der Waals surface area contributed by atoms with Crippen molar-refractivity contribution in [3.63, 3.8) is 0 Å².